The number of nitrogens with one attached hydrogen (secondary N) is 1. The number of aromatic amines is 1. The number of H-pyrrole nitrogens is 1. The Labute approximate surface area is 200 Å². The van der Waals surface area contributed by atoms with Crippen LogP contribution >= 0.6 is 0 Å². The van der Waals surface area contributed by atoms with Crippen molar-refractivity contribution in [2.24, 2.45) is 0 Å². The molecule has 0 spiro atoms. The maximum atomic E-state index is 13.0. The van der Waals surface area contributed by atoms with Crippen molar-refractivity contribution in [2.45, 2.75) is 27.3 Å². The highest BCUT2D eigenvalue weighted by Crippen LogP contribution is 2.22. The first-order chi connectivity index (χ1) is 16.7. The van der Waals surface area contributed by atoms with Gasteiger partial charge in [-0.15, -0.1) is 0 Å². The van der Waals surface area contributed by atoms with E-state index >= 15 is 0 Å². The Bertz CT molecular complexity index is 1540. The molecule has 0 saturated heterocycles. The van der Waals surface area contributed by atoms with E-state index in [0.717, 1.165) is 27.4 Å². The summed E-state index contributed by atoms with van der Waals surface area (Å²) in [5, 5.41) is 4.06. The summed E-state index contributed by atoms with van der Waals surface area (Å²) in [6.07, 6.45) is 3.01. The molecule has 0 aliphatic rings. The minimum atomic E-state index is -0.736. The zero-order chi connectivity index (χ0) is 25.3. The molecular weight excluding hydrogens is 448 g/mol. The predicted molar refractivity (Wildman–Crippen MR) is 134 cm³/mol. The van der Waals surface area contributed by atoms with Crippen molar-refractivity contribution < 1.29 is 9.32 Å². The molecule has 3 heterocycles. The predicted octanol–water partition coefficient (Wildman–Crippen LogP) is 2.55. The molecule has 0 saturated carbocycles. The largest absolute Gasteiger partial charge is 0.383 e. The van der Waals surface area contributed by atoms with Gasteiger partial charge in [0.1, 0.15) is 11.6 Å². The first-order valence-electron chi connectivity index (χ1n) is 10.9. The van der Waals surface area contributed by atoms with Gasteiger partial charge in [0.05, 0.1) is 6.54 Å². The highest BCUT2D eigenvalue weighted by molar-refractivity contribution is 6.04. The van der Waals surface area contributed by atoms with Gasteiger partial charge in [-0.2, -0.15) is 0 Å². The van der Waals surface area contributed by atoms with Gasteiger partial charge in [0, 0.05) is 30.6 Å². The molecule has 4 rings (SSSR count). The van der Waals surface area contributed by atoms with Crippen LogP contribution in [0.3, 0.4) is 0 Å². The molecule has 0 aliphatic carbocycles. The fourth-order valence-corrected chi connectivity index (χ4v) is 3.98. The maximum absolute atomic E-state index is 13.0. The SMILES string of the molecule is Cc1cc(-n2c(C)cc(C=CC(=O)N(C)c3c(N)n(Cc4ccccc4)c(=O)[nH]c3=O)c2C)no1. The fourth-order valence-electron chi connectivity index (χ4n) is 3.98. The molecule has 4 aromatic rings. The molecule has 0 atom stereocenters. The molecule has 1 amide bonds. The second kappa shape index (κ2) is 9.34. The van der Waals surface area contributed by atoms with Gasteiger partial charge in [0.25, 0.3) is 11.5 Å². The average molecular weight is 475 g/mol. The van der Waals surface area contributed by atoms with Crippen LogP contribution < -0.4 is 21.9 Å². The maximum Gasteiger partial charge on any atom is 0.330 e. The number of aromatic nitrogens is 4. The van der Waals surface area contributed by atoms with Crippen LogP contribution in [0.1, 0.15) is 28.3 Å². The van der Waals surface area contributed by atoms with Crippen molar-refractivity contribution in [3.05, 3.63) is 97.7 Å². The minimum Gasteiger partial charge on any atom is -0.383 e. The topological polar surface area (TPSA) is 132 Å². The molecule has 180 valence electrons. The molecule has 0 radical (unpaired) electrons. The van der Waals surface area contributed by atoms with Crippen molar-refractivity contribution in [2.75, 3.05) is 17.7 Å². The van der Waals surface area contributed by atoms with Crippen molar-refractivity contribution in [3.8, 4) is 5.82 Å². The summed E-state index contributed by atoms with van der Waals surface area (Å²) in [6, 6.07) is 13.0. The molecule has 1 aromatic carbocycles. The number of anilines is 2. The van der Waals surface area contributed by atoms with Crippen molar-refractivity contribution in [1.29, 1.82) is 0 Å². The Balaban J connectivity index is 1.63. The third-order valence-electron chi connectivity index (χ3n) is 5.78. The molecule has 3 N–H and O–H groups in total. The van der Waals surface area contributed by atoms with Crippen LogP contribution in [0, 0.1) is 20.8 Å². The minimum absolute atomic E-state index is 0.0913. The summed E-state index contributed by atoms with van der Waals surface area (Å²) in [6.45, 7) is 5.81. The van der Waals surface area contributed by atoms with E-state index in [1.165, 1.54) is 17.7 Å². The fraction of sp³-hybridized carbons (Fsp3) is 0.200. The van der Waals surface area contributed by atoms with Gasteiger partial charge in [-0.25, -0.2) is 4.79 Å². The zero-order valence-corrected chi connectivity index (χ0v) is 19.9. The first kappa shape index (κ1) is 23.6. The van der Waals surface area contributed by atoms with Crippen LogP contribution in [0.4, 0.5) is 11.5 Å². The van der Waals surface area contributed by atoms with E-state index in [9.17, 15) is 14.4 Å². The van der Waals surface area contributed by atoms with E-state index in [-0.39, 0.29) is 18.1 Å². The van der Waals surface area contributed by atoms with Crippen LogP contribution in [0.2, 0.25) is 0 Å². The summed E-state index contributed by atoms with van der Waals surface area (Å²) >= 11 is 0. The van der Waals surface area contributed by atoms with Gasteiger partial charge in [-0.05, 0) is 44.0 Å². The van der Waals surface area contributed by atoms with Crippen molar-refractivity contribution in [1.82, 2.24) is 19.3 Å². The monoisotopic (exact) mass is 474 g/mol. The molecule has 0 aliphatic heterocycles. The zero-order valence-electron chi connectivity index (χ0n) is 19.9. The Hall–Kier alpha value is -4.60. The van der Waals surface area contributed by atoms with E-state index in [4.69, 9.17) is 10.3 Å². The second-order valence-electron chi connectivity index (χ2n) is 8.25. The number of nitrogens with two attached hydrogens (primary N) is 1. The number of carbonyl (C=O) groups excluding carboxylic acids is 1. The molecule has 10 heteroatoms. The molecule has 0 unspecified atom stereocenters. The Kier molecular flexibility index (Phi) is 6.28. The van der Waals surface area contributed by atoms with Crippen molar-refractivity contribution in [3.63, 3.8) is 0 Å². The standard InChI is InChI=1S/C25H26N6O4/c1-15-12-19(17(3)31(15)20-13-16(2)35-28-20)10-11-21(32)29(4)22-23(26)30(25(34)27-24(22)33)14-18-8-6-5-7-9-18/h5-13H,14,26H2,1-4H3,(H,27,33,34). The number of aryl methyl sites for hydroxylation is 2. The number of nitrogen functional groups attached to an aromatic ring is 1. The van der Waals surface area contributed by atoms with Gasteiger partial charge in [0.2, 0.25) is 0 Å². The lowest BCUT2D eigenvalue weighted by molar-refractivity contribution is -0.113. The van der Waals surface area contributed by atoms with Gasteiger partial charge >= 0.3 is 5.69 Å². The summed E-state index contributed by atoms with van der Waals surface area (Å²) in [5.74, 6) is 0.777. The van der Waals surface area contributed by atoms with Crippen LogP contribution in [0.25, 0.3) is 11.9 Å². The van der Waals surface area contributed by atoms with Gasteiger partial charge in [-0.1, -0.05) is 35.5 Å². The number of likely N-dealkylation sites (N-methyl/N-ethyl adjacent to an activating group) is 1. The summed E-state index contributed by atoms with van der Waals surface area (Å²) in [5.41, 5.74) is 8.14. The molecule has 0 fully saturated rings. The van der Waals surface area contributed by atoms with Crippen molar-refractivity contribution >= 4 is 23.5 Å². The molecule has 3 aromatic heterocycles. The lowest BCUT2D eigenvalue weighted by Crippen LogP contribution is -2.39. The van der Waals surface area contributed by atoms with Crippen LogP contribution in [-0.2, 0) is 11.3 Å². The Morgan fingerprint density at radius 1 is 1.17 bits per heavy atom. The quantitative estimate of drug-likeness (QED) is 0.413. The van der Waals surface area contributed by atoms with E-state index in [0.29, 0.717) is 11.6 Å². The van der Waals surface area contributed by atoms with Crippen LogP contribution in [0.15, 0.2) is 62.7 Å². The second-order valence-corrected chi connectivity index (χ2v) is 8.25. The Morgan fingerprint density at radius 2 is 1.89 bits per heavy atom. The van der Waals surface area contributed by atoms with Gasteiger partial charge < -0.3 is 15.2 Å². The highest BCUT2D eigenvalue weighted by atomic mass is 16.5. The normalized spacial score (nSPS) is 11.3. The van der Waals surface area contributed by atoms with E-state index in [1.807, 2.05) is 67.8 Å². The molecule has 0 bridgehead atoms. The molecular formula is C25H26N6O4. The van der Waals surface area contributed by atoms with Crippen LogP contribution in [0.5, 0.6) is 0 Å². The lowest BCUT2D eigenvalue weighted by atomic mass is 10.2. The molecule has 10 nitrogen and oxygen atoms in total. The first-order valence-corrected chi connectivity index (χ1v) is 10.9. The summed E-state index contributed by atoms with van der Waals surface area (Å²) in [4.78, 5) is 41.3. The number of hydrogen-bond donors (Lipinski definition) is 2. The number of hydrogen-bond acceptors (Lipinski definition) is 6. The number of carbonyl (C=O) groups is 1. The highest BCUT2D eigenvalue weighted by Gasteiger charge is 2.20. The van der Waals surface area contributed by atoms with Gasteiger partial charge in [-0.3, -0.25) is 23.7 Å². The molecule has 35 heavy (non-hydrogen) atoms. The van der Waals surface area contributed by atoms with Gasteiger partial charge in [0.15, 0.2) is 11.5 Å². The number of nitrogens with zero attached hydrogens (tertiary/aromatic N) is 4. The summed E-state index contributed by atoms with van der Waals surface area (Å²) < 4.78 is 8.33. The summed E-state index contributed by atoms with van der Waals surface area (Å²) in [7, 11) is 1.44. The third-order valence-corrected chi connectivity index (χ3v) is 5.78. The number of amides is 1. The average Bonchev–Trinajstić information content (AvgIpc) is 3.36. The number of benzene rings is 1. The Morgan fingerprint density at radius 3 is 2.54 bits per heavy atom. The number of rotatable bonds is 6. The van der Waals surface area contributed by atoms with Crippen LogP contribution in [-0.4, -0.2) is 32.2 Å². The van der Waals surface area contributed by atoms with E-state index in [1.54, 1.807) is 6.08 Å². The third kappa shape index (κ3) is 4.58. The van der Waals surface area contributed by atoms with E-state index in [2.05, 4.69) is 10.1 Å². The smallest absolute Gasteiger partial charge is 0.330 e. The van der Waals surface area contributed by atoms with E-state index < -0.39 is 17.2 Å². The lowest BCUT2D eigenvalue weighted by Gasteiger charge is -2.19.